The molecule has 1 aromatic heterocycles. The SMILES string of the molecule is CCOC(=O)c1cc(C(=O)Nc2ccc(CC)cc2)nn1C. The molecule has 0 fully saturated rings. The van der Waals surface area contributed by atoms with Crippen molar-refractivity contribution in [3.63, 3.8) is 0 Å². The van der Waals surface area contributed by atoms with Crippen molar-refractivity contribution in [2.75, 3.05) is 11.9 Å². The molecule has 0 aliphatic rings. The molecule has 22 heavy (non-hydrogen) atoms. The number of hydrogen-bond donors (Lipinski definition) is 1. The lowest BCUT2D eigenvalue weighted by Crippen LogP contribution is -2.13. The summed E-state index contributed by atoms with van der Waals surface area (Å²) in [5.41, 5.74) is 2.30. The van der Waals surface area contributed by atoms with Crippen LogP contribution in [0.3, 0.4) is 0 Å². The highest BCUT2D eigenvalue weighted by Gasteiger charge is 2.18. The van der Waals surface area contributed by atoms with E-state index in [1.165, 1.54) is 16.3 Å². The van der Waals surface area contributed by atoms with Crippen LogP contribution in [-0.2, 0) is 18.2 Å². The number of carbonyl (C=O) groups is 2. The second-order valence-electron chi connectivity index (χ2n) is 4.76. The van der Waals surface area contributed by atoms with Crippen molar-refractivity contribution in [2.24, 2.45) is 7.05 Å². The van der Waals surface area contributed by atoms with Gasteiger partial charge in [-0.15, -0.1) is 0 Å². The van der Waals surface area contributed by atoms with Crippen LogP contribution < -0.4 is 5.32 Å². The number of hydrogen-bond acceptors (Lipinski definition) is 4. The van der Waals surface area contributed by atoms with Crippen LogP contribution in [0.25, 0.3) is 0 Å². The number of nitrogens with one attached hydrogen (secondary N) is 1. The monoisotopic (exact) mass is 301 g/mol. The van der Waals surface area contributed by atoms with Gasteiger partial charge in [0.25, 0.3) is 5.91 Å². The van der Waals surface area contributed by atoms with Gasteiger partial charge in [0.05, 0.1) is 6.61 Å². The predicted molar refractivity (Wildman–Crippen MR) is 82.9 cm³/mol. The molecular formula is C16H19N3O3. The average molecular weight is 301 g/mol. The van der Waals surface area contributed by atoms with E-state index in [4.69, 9.17) is 4.74 Å². The molecule has 2 rings (SSSR count). The van der Waals surface area contributed by atoms with Crippen LogP contribution in [0.15, 0.2) is 30.3 Å². The first kappa shape index (κ1) is 15.8. The molecule has 6 heteroatoms. The van der Waals surface area contributed by atoms with Gasteiger partial charge in [0.2, 0.25) is 0 Å². The molecule has 0 unspecified atom stereocenters. The molecule has 0 spiro atoms. The van der Waals surface area contributed by atoms with Gasteiger partial charge in [-0.25, -0.2) is 4.79 Å². The Hall–Kier alpha value is -2.63. The Bertz CT molecular complexity index is 674. The van der Waals surface area contributed by atoms with Gasteiger partial charge in [-0.05, 0) is 31.0 Å². The number of nitrogens with zero attached hydrogens (tertiary/aromatic N) is 2. The maximum absolute atomic E-state index is 12.2. The lowest BCUT2D eigenvalue weighted by atomic mass is 10.1. The highest BCUT2D eigenvalue weighted by molar-refractivity contribution is 6.04. The molecule has 1 heterocycles. The van der Waals surface area contributed by atoms with Gasteiger partial charge in [0.1, 0.15) is 5.69 Å². The number of aryl methyl sites for hydroxylation is 2. The van der Waals surface area contributed by atoms with Crippen LogP contribution in [0.2, 0.25) is 0 Å². The lowest BCUT2D eigenvalue weighted by Gasteiger charge is -2.03. The van der Waals surface area contributed by atoms with Crippen LogP contribution in [-0.4, -0.2) is 28.3 Å². The highest BCUT2D eigenvalue weighted by Crippen LogP contribution is 2.12. The molecule has 0 saturated carbocycles. The summed E-state index contributed by atoms with van der Waals surface area (Å²) < 4.78 is 6.25. The van der Waals surface area contributed by atoms with Crippen molar-refractivity contribution >= 4 is 17.6 Å². The number of amides is 1. The number of rotatable bonds is 5. The summed E-state index contributed by atoms with van der Waals surface area (Å²) in [5, 5.41) is 6.80. The molecule has 1 N–H and O–H groups in total. The Morgan fingerprint density at radius 3 is 2.50 bits per heavy atom. The van der Waals surface area contributed by atoms with E-state index in [0.29, 0.717) is 5.69 Å². The van der Waals surface area contributed by atoms with E-state index in [1.807, 2.05) is 24.3 Å². The zero-order valence-electron chi connectivity index (χ0n) is 12.9. The van der Waals surface area contributed by atoms with E-state index in [1.54, 1.807) is 14.0 Å². The molecule has 2 aromatic rings. The average Bonchev–Trinajstić information content (AvgIpc) is 2.90. The number of aromatic nitrogens is 2. The van der Waals surface area contributed by atoms with Gasteiger partial charge in [0.15, 0.2) is 5.69 Å². The minimum absolute atomic E-state index is 0.171. The van der Waals surface area contributed by atoms with E-state index >= 15 is 0 Å². The number of anilines is 1. The molecule has 0 atom stereocenters. The maximum atomic E-state index is 12.2. The van der Waals surface area contributed by atoms with Crippen molar-refractivity contribution in [2.45, 2.75) is 20.3 Å². The third kappa shape index (κ3) is 3.52. The van der Waals surface area contributed by atoms with Gasteiger partial charge >= 0.3 is 5.97 Å². The Morgan fingerprint density at radius 2 is 1.91 bits per heavy atom. The Balaban J connectivity index is 2.12. The largest absolute Gasteiger partial charge is 0.461 e. The third-order valence-corrected chi connectivity index (χ3v) is 3.22. The zero-order chi connectivity index (χ0) is 16.1. The predicted octanol–water partition coefficient (Wildman–Crippen LogP) is 2.41. The van der Waals surface area contributed by atoms with Gasteiger partial charge in [-0.1, -0.05) is 19.1 Å². The summed E-state index contributed by atoms with van der Waals surface area (Å²) in [7, 11) is 1.60. The minimum Gasteiger partial charge on any atom is -0.461 e. The molecule has 0 saturated heterocycles. The van der Waals surface area contributed by atoms with Gasteiger partial charge in [0, 0.05) is 18.8 Å². The minimum atomic E-state index is -0.496. The molecule has 0 bridgehead atoms. The van der Waals surface area contributed by atoms with Crippen LogP contribution in [0.1, 0.15) is 40.4 Å². The summed E-state index contributed by atoms with van der Waals surface area (Å²) >= 11 is 0. The summed E-state index contributed by atoms with van der Waals surface area (Å²) in [6, 6.07) is 9.02. The van der Waals surface area contributed by atoms with Gasteiger partial charge in [-0.3, -0.25) is 9.48 Å². The number of esters is 1. The molecule has 116 valence electrons. The molecule has 0 aliphatic heterocycles. The van der Waals surface area contributed by atoms with Crippen molar-refractivity contribution in [3.8, 4) is 0 Å². The summed E-state index contributed by atoms with van der Waals surface area (Å²) in [6.07, 6.45) is 0.942. The number of benzene rings is 1. The number of carbonyl (C=O) groups excluding carboxylic acids is 2. The molecule has 1 aromatic carbocycles. The van der Waals surface area contributed by atoms with E-state index in [9.17, 15) is 9.59 Å². The van der Waals surface area contributed by atoms with E-state index in [0.717, 1.165) is 6.42 Å². The third-order valence-electron chi connectivity index (χ3n) is 3.22. The first-order valence-electron chi connectivity index (χ1n) is 7.16. The van der Waals surface area contributed by atoms with Crippen LogP contribution in [0, 0.1) is 0 Å². The summed E-state index contributed by atoms with van der Waals surface area (Å²) in [4.78, 5) is 23.9. The fourth-order valence-electron chi connectivity index (χ4n) is 1.99. The first-order valence-corrected chi connectivity index (χ1v) is 7.16. The standard InChI is InChI=1S/C16H19N3O3/c1-4-11-6-8-12(9-7-11)17-15(20)13-10-14(19(3)18-13)16(21)22-5-2/h6-10H,4-5H2,1-3H3,(H,17,20). The van der Waals surface area contributed by atoms with Crippen LogP contribution in [0.4, 0.5) is 5.69 Å². The lowest BCUT2D eigenvalue weighted by molar-refractivity contribution is 0.0513. The number of ether oxygens (including phenoxy) is 1. The molecular weight excluding hydrogens is 282 g/mol. The van der Waals surface area contributed by atoms with Crippen molar-refractivity contribution in [1.29, 1.82) is 0 Å². The Morgan fingerprint density at radius 1 is 1.23 bits per heavy atom. The molecule has 0 radical (unpaired) electrons. The Kier molecular flexibility index (Phi) is 4.93. The highest BCUT2D eigenvalue weighted by atomic mass is 16.5. The van der Waals surface area contributed by atoms with Crippen molar-refractivity contribution < 1.29 is 14.3 Å². The van der Waals surface area contributed by atoms with E-state index in [-0.39, 0.29) is 23.9 Å². The normalized spacial score (nSPS) is 10.3. The maximum Gasteiger partial charge on any atom is 0.356 e. The van der Waals surface area contributed by atoms with Crippen molar-refractivity contribution in [3.05, 3.63) is 47.3 Å². The van der Waals surface area contributed by atoms with Crippen LogP contribution in [0.5, 0.6) is 0 Å². The smallest absolute Gasteiger partial charge is 0.356 e. The molecule has 6 nitrogen and oxygen atoms in total. The van der Waals surface area contributed by atoms with Crippen molar-refractivity contribution in [1.82, 2.24) is 9.78 Å². The zero-order valence-corrected chi connectivity index (χ0v) is 12.9. The van der Waals surface area contributed by atoms with Gasteiger partial charge in [-0.2, -0.15) is 5.10 Å². The fourth-order valence-corrected chi connectivity index (χ4v) is 1.99. The first-order chi connectivity index (χ1) is 10.5. The fraction of sp³-hybridized carbons (Fsp3) is 0.312. The van der Waals surface area contributed by atoms with Crippen LogP contribution >= 0.6 is 0 Å². The van der Waals surface area contributed by atoms with E-state index in [2.05, 4.69) is 17.3 Å². The topological polar surface area (TPSA) is 73.2 Å². The Labute approximate surface area is 129 Å². The second kappa shape index (κ2) is 6.89. The molecule has 1 amide bonds. The summed E-state index contributed by atoms with van der Waals surface area (Å²) in [6.45, 7) is 4.07. The molecule has 0 aliphatic carbocycles. The summed E-state index contributed by atoms with van der Waals surface area (Å²) in [5.74, 6) is -0.862. The second-order valence-corrected chi connectivity index (χ2v) is 4.76. The quantitative estimate of drug-likeness (QED) is 0.861. The van der Waals surface area contributed by atoms with E-state index < -0.39 is 5.97 Å². The van der Waals surface area contributed by atoms with Gasteiger partial charge < -0.3 is 10.1 Å².